The molecular formula is C20H19N5S. The minimum Gasteiger partial charge on any atom is -0.369 e. The molecule has 1 aromatic carbocycles. The molecule has 1 atom stereocenters. The zero-order chi connectivity index (χ0) is 18.1. The molecule has 0 saturated heterocycles. The van der Waals surface area contributed by atoms with Crippen molar-refractivity contribution in [2.24, 2.45) is 7.05 Å². The first-order chi connectivity index (χ1) is 12.7. The number of nitrogens with zero attached hydrogens (tertiary/aromatic N) is 4. The largest absolute Gasteiger partial charge is 0.369 e. The smallest absolute Gasteiger partial charge is 0.129 e. The molecule has 130 valence electrons. The maximum absolute atomic E-state index is 9.18. The molecule has 0 bridgehead atoms. The number of thioether (sulfide) groups is 1. The average Bonchev–Trinajstić information content (AvgIpc) is 2.85. The van der Waals surface area contributed by atoms with E-state index in [1.165, 1.54) is 11.1 Å². The standard InChI is InChI=1S/C20H19N5S/c1-13-11-14(12-21)6-7-15(13)19-17-18(16-5-3-4-8-22-16)24-25(2)20(17)23-9-10-26-19/h3-8,11,19,23H,9-10H2,1-2H3/t19-/m0/s1. The van der Waals surface area contributed by atoms with Crippen molar-refractivity contribution >= 4 is 17.6 Å². The van der Waals surface area contributed by atoms with E-state index in [9.17, 15) is 5.26 Å². The number of rotatable bonds is 2. The zero-order valence-corrected chi connectivity index (χ0v) is 15.5. The van der Waals surface area contributed by atoms with Gasteiger partial charge in [-0.3, -0.25) is 9.67 Å². The molecule has 0 saturated carbocycles. The highest BCUT2D eigenvalue weighted by molar-refractivity contribution is 7.99. The molecule has 5 nitrogen and oxygen atoms in total. The Kier molecular flexibility index (Phi) is 4.39. The van der Waals surface area contributed by atoms with E-state index in [1.54, 1.807) is 6.20 Å². The molecule has 1 aliphatic rings. The molecule has 1 aliphatic heterocycles. The van der Waals surface area contributed by atoms with Crippen LogP contribution in [0.1, 0.15) is 27.5 Å². The number of aromatic nitrogens is 3. The molecular weight excluding hydrogens is 342 g/mol. The van der Waals surface area contributed by atoms with Gasteiger partial charge in [0.05, 0.1) is 22.6 Å². The van der Waals surface area contributed by atoms with Crippen LogP contribution < -0.4 is 5.32 Å². The van der Waals surface area contributed by atoms with Gasteiger partial charge in [0, 0.05) is 31.1 Å². The summed E-state index contributed by atoms with van der Waals surface area (Å²) < 4.78 is 1.91. The molecule has 0 fully saturated rings. The Bertz CT molecular complexity index is 987. The Morgan fingerprint density at radius 2 is 2.19 bits per heavy atom. The van der Waals surface area contributed by atoms with E-state index in [-0.39, 0.29) is 5.25 Å². The van der Waals surface area contributed by atoms with Crippen molar-refractivity contribution in [1.82, 2.24) is 14.8 Å². The number of nitrogens with one attached hydrogen (secondary N) is 1. The first kappa shape index (κ1) is 16.7. The average molecular weight is 361 g/mol. The van der Waals surface area contributed by atoms with E-state index in [1.807, 2.05) is 53.8 Å². The van der Waals surface area contributed by atoms with E-state index in [0.717, 1.165) is 35.1 Å². The Balaban J connectivity index is 1.91. The second-order valence-electron chi connectivity index (χ2n) is 6.31. The Hall–Kier alpha value is -2.78. The molecule has 3 aromatic rings. The third-order valence-corrected chi connectivity index (χ3v) is 5.88. The van der Waals surface area contributed by atoms with Crippen molar-refractivity contribution in [3.63, 3.8) is 0 Å². The highest BCUT2D eigenvalue weighted by atomic mass is 32.2. The lowest BCUT2D eigenvalue weighted by Gasteiger charge is -2.18. The minimum atomic E-state index is 0.151. The van der Waals surface area contributed by atoms with Crippen LogP contribution in [0.5, 0.6) is 0 Å². The summed E-state index contributed by atoms with van der Waals surface area (Å²) in [4.78, 5) is 4.52. The summed E-state index contributed by atoms with van der Waals surface area (Å²) >= 11 is 1.90. The van der Waals surface area contributed by atoms with Crippen LogP contribution in [-0.2, 0) is 7.05 Å². The van der Waals surface area contributed by atoms with Gasteiger partial charge in [-0.25, -0.2) is 0 Å². The summed E-state index contributed by atoms with van der Waals surface area (Å²) in [6.07, 6.45) is 1.80. The van der Waals surface area contributed by atoms with Gasteiger partial charge in [0.1, 0.15) is 11.5 Å². The van der Waals surface area contributed by atoms with Crippen LogP contribution >= 0.6 is 11.8 Å². The highest BCUT2D eigenvalue weighted by Crippen LogP contribution is 2.46. The summed E-state index contributed by atoms with van der Waals surface area (Å²) in [5, 5.41) is 17.6. The van der Waals surface area contributed by atoms with Gasteiger partial charge in [0.2, 0.25) is 0 Å². The second-order valence-corrected chi connectivity index (χ2v) is 7.52. The molecule has 0 aliphatic carbocycles. The third kappa shape index (κ3) is 2.85. The third-order valence-electron chi connectivity index (χ3n) is 4.61. The van der Waals surface area contributed by atoms with E-state index >= 15 is 0 Å². The highest BCUT2D eigenvalue weighted by Gasteiger charge is 2.30. The van der Waals surface area contributed by atoms with Gasteiger partial charge in [-0.05, 0) is 42.3 Å². The molecule has 1 N–H and O–H groups in total. The SMILES string of the molecule is Cc1cc(C#N)ccc1[C@@H]1SCCNc2c1c(-c1ccccn1)nn2C. The number of pyridine rings is 1. The summed E-state index contributed by atoms with van der Waals surface area (Å²) in [7, 11) is 1.97. The van der Waals surface area contributed by atoms with Crippen molar-refractivity contribution in [3.05, 3.63) is 64.8 Å². The summed E-state index contributed by atoms with van der Waals surface area (Å²) in [6, 6.07) is 14.1. The molecule has 0 radical (unpaired) electrons. The van der Waals surface area contributed by atoms with Gasteiger partial charge >= 0.3 is 0 Å². The quantitative estimate of drug-likeness (QED) is 0.749. The van der Waals surface area contributed by atoms with Gasteiger partial charge in [-0.1, -0.05) is 12.1 Å². The van der Waals surface area contributed by atoms with Crippen molar-refractivity contribution in [2.75, 3.05) is 17.6 Å². The van der Waals surface area contributed by atoms with Gasteiger partial charge in [-0.2, -0.15) is 10.4 Å². The minimum absolute atomic E-state index is 0.151. The molecule has 0 amide bonds. The van der Waals surface area contributed by atoms with Crippen LogP contribution in [0.15, 0.2) is 42.6 Å². The first-order valence-electron chi connectivity index (χ1n) is 8.53. The summed E-state index contributed by atoms with van der Waals surface area (Å²) in [5.74, 6) is 2.05. The van der Waals surface area contributed by atoms with Crippen LogP contribution in [0, 0.1) is 18.3 Å². The number of aryl methyl sites for hydroxylation is 2. The summed E-state index contributed by atoms with van der Waals surface area (Å²) in [5.41, 5.74) is 6.01. The van der Waals surface area contributed by atoms with Crippen molar-refractivity contribution in [3.8, 4) is 17.5 Å². The lowest BCUT2D eigenvalue weighted by molar-refractivity contribution is 0.773. The van der Waals surface area contributed by atoms with E-state index in [4.69, 9.17) is 5.10 Å². The fraction of sp³-hybridized carbons (Fsp3) is 0.250. The molecule has 4 rings (SSSR count). The van der Waals surface area contributed by atoms with Gasteiger partial charge < -0.3 is 5.32 Å². The lowest BCUT2D eigenvalue weighted by atomic mass is 9.97. The van der Waals surface area contributed by atoms with Crippen molar-refractivity contribution in [2.45, 2.75) is 12.2 Å². The summed E-state index contributed by atoms with van der Waals surface area (Å²) in [6.45, 7) is 2.97. The zero-order valence-electron chi connectivity index (χ0n) is 14.7. The van der Waals surface area contributed by atoms with E-state index < -0.39 is 0 Å². The van der Waals surface area contributed by atoms with Crippen LogP contribution in [-0.4, -0.2) is 27.1 Å². The first-order valence-corrected chi connectivity index (χ1v) is 9.58. The predicted molar refractivity (Wildman–Crippen MR) is 105 cm³/mol. The Morgan fingerprint density at radius 1 is 1.31 bits per heavy atom. The molecule has 26 heavy (non-hydrogen) atoms. The van der Waals surface area contributed by atoms with Crippen LogP contribution in [0.4, 0.5) is 5.82 Å². The number of hydrogen-bond acceptors (Lipinski definition) is 5. The monoisotopic (exact) mass is 361 g/mol. The van der Waals surface area contributed by atoms with E-state index in [0.29, 0.717) is 5.56 Å². The normalized spacial score (nSPS) is 16.3. The Morgan fingerprint density at radius 3 is 2.92 bits per heavy atom. The van der Waals surface area contributed by atoms with Gasteiger partial charge in [0.15, 0.2) is 0 Å². The van der Waals surface area contributed by atoms with E-state index in [2.05, 4.69) is 29.4 Å². The van der Waals surface area contributed by atoms with Gasteiger partial charge in [-0.15, -0.1) is 11.8 Å². The van der Waals surface area contributed by atoms with Crippen LogP contribution in [0.2, 0.25) is 0 Å². The van der Waals surface area contributed by atoms with Crippen molar-refractivity contribution in [1.29, 1.82) is 5.26 Å². The molecule has 0 spiro atoms. The number of benzene rings is 1. The Labute approximate surface area is 157 Å². The molecule has 0 unspecified atom stereocenters. The van der Waals surface area contributed by atoms with Crippen molar-refractivity contribution < 1.29 is 0 Å². The number of fused-ring (bicyclic) bond motifs is 1. The van der Waals surface area contributed by atoms with Crippen LogP contribution in [0.3, 0.4) is 0 Å². The number of nitriles is 1. The maximum Gasteiger partial charge on any atom is 0.129 e. The molecule has 6 heteroatoms. The second kappa shape index (κ2) is 6.85. The predicted octanol–water partition coefficient (Wildman–Crippen LogP) is 3.91. The fourth-order valence-electron chi connectivity index (χ4n) is 3.40. The number of hydrogen-bond donors (Lipinski definition) is 1. The van der Waals surface area contributed by atoms with Crippen LogP contribution in [0.25, 0.3) is 11.4 Å². The fourth-order valence-corrected chi connectivity index (χ4v) is 4.69. The lowest BCUT2D eigenvalue weighted by Crippen LogP contribution is -2.06. The van der Waals surface area contributed by atoms with Gasteiger partial charge in [0.25, 0.3) is 0 Å². The molecule has 2 aromatic heterocycles. The topological polar surface area (TPSA) is 66.5 Å². The molecule has 3 heterocycles. The maximum atomic E-state index is 9.18. The number of anilines is 1.